The van der Waals surface area contributed by atoms with E-state index in [1.807, 2.05) is 24.3 Å². The Morgan fingerprint density at radius 3 is 2.41 bits per heavy atom. The molecular formula is C34H52N8O7. The summed E-state index contributed by atoms with van der Waals surface area (Å²) >= 11 is 0. The predicted octanol–water partition coefficient (Wildman–Crippen LogP) is -2.31. The van der Waals surface area contributed by atoms with Gasteiger partial charge in [0.05, 0.1) is 24.3 Å². The first-order valence-electron chi connectivity index (χ1n) is 16.6. The van der Waals surface area contributed by atoms with Crippen LogP contribution in [0.25, 0.3) is 11.1 Å². The standard InChI is InChI=1S/C34H52N8O7/c1-37-17-24(43)16-28-34(49)42(3)29(33(48)40-19-25(44)18-39-31(46)26(36)8-5-11-35)13-20-6-4-7-21(12-20)22-9-10-30(45)23(14-22)15-27(38-2)32(47)41-28/h4,6-7,9-10,12,14,24-29,37-38,43-45H,5,8,11,13,15-19,35-36H2,1-3H3,(H,39,46)(H,40,48)(H,41,47)/t24-,25?,26+,27+,28+,29+/m1/s1. The van der Waals surface area contributed by atoms with E-state index in [0.717, 1.165) is 16.7 Å². The Morgan fingerprint density at radius 2 is 1.71 bits per heavy atom. The number of amides is 4. The van der Waals surface area contributed by atoms with Crippen LogP contribution in [0.5, 0.6) is 5.75 Å². The quantitative estimate of drug-likeness (QED) is 0.101. The largest absolute Gasteiger partial charge is 0.508 e. The summed E-state index contributed by atoms with van der Waals surface area (Å²) in [6, 6.07) is 8.65. The molecule has 1 aliphatic heterocycles. The summed E-state index contributed by atoms with van der Waals surface area (Å²) < 4.78 is 0. The van der Waals surface area contributed by atoms with Crippen molar-refractivity contribution in [1.82, 2.24) is 31.5 Å². The van der Waals surface area contributed by atoms with E-state index < -0.39 is 60.0 Å². The molecule has 0 spiro atoms. The van der Waals surface area contributed by atoms with Gasteiger partial charge in [-0.3, -0.25) is 19.2 Å². The highest BCUT2D eigenvalue weighted by molar-refractivity contribution is 5.93. The minimum Gasteiger partial charge on any atom is -0.508 e. The predicted molar refractivity (Wildman–Crippen MR) is 185 cm³/mol. The van der Waals surface area contributed by atoms with E-state index in [2.05, 4.69) is 26.6 Å². The van der Waals surface area contributed by atoms with Crippen LogP contribution in [0.2, 0.25) is 0 Å². The highest BCUT2D eigenvalue weighted by Crippen LogP contribution is 2.28. The van der Waals surface area contributed by atoms with E-state index in [0.29, 0.717) is 24.9 Å². The summed E-state index contributed by atoms with van der Waals surface area (Å²) in [4.78, 5) is 54.9. The van der Waals surface area contributed by atoms with Gasteiger partial charge in [-0.25, -0.2) is 0 Å². The maximum absolute atomic E-state index is 14.1. The third-order valence-electron chi connectivity index (χ3n) is 8.62. The summed E-state index contributed by atoms with van der Waals surface area (Å²) in [6.45, 7) is 0.172. The van der Waals surface area contributed by atoms with E-state index in [4.69, 9.17) is 11.5 Å². The Morgan fingerprint density at radius 1 is 1.00 bits per heavy atom. The summed E-state index contributed by atoms with van der Waals surface area (Å²) in [6.07, 6.45) is -1.11. The Labute approximate surface area is 287 Å². The van der Waals surface area contributed by atoms with Gasteiger partial charge in [-0.2, -0.15) is 0 Å². The molecule has 1 heterocycles. The third-order valence-corrected chi connectivity index (χ3v) is 8.62. The molecule has 49 heavy (non-hydrogen) atoms. The number of hydrogen-bond donors (Lipinski definition) is 10. The van der Waals surface area contributed by atoms with Crippen molar-refractivity contribution in [2.24, 2.45) is 11.5 Å². The Balaban J connectivity index is 1.93. The van der Waals surface area contributed by atoms with Crippen molar-refractivity contribution in [3.05, 3.63) is 53.6 Å². The topological polar surface area (TPSA) is 244 Å². The number of rotatable bonds is 14. The number of nitrogens with two attached hydrogens (primary N) is 2. The van der Waals surface area contributed by atoms with Gasteiger partial charge in [0, 0.05) is 45.9 Å². The fourth-order valence-corrected chi connectivity index (χ4v) is 5.69. The zero-order valence-electron chi connectivity index (χ0n) is 28.4. The first-order valence-corrected chi connectivity index (χ1v) is 16.6. The van der Waals surface area contributed by atoms with Crippen LogP contribution in [0.4, 0.5) is 0 Å². The molecular weight excluding hydrogens is 632 g/mol. The maximum Gasteiger partial charge on any atom is 0.245 e. The second-order valence-electron chi connectivity index (χ2n) is 12.4. The van der Waals surface area contributed by atoms with Gasteiger partial charge in [0.1, 0.15) is 17.8 Å². The van der Waals surface area contributed by atoms with Gasteiger partial charge in [0.2, 0.25) is 23.6 Å². The molecule has 6 atom stereocenters. The number of carbonyl (C=O) groups excluding carboxylic acids is 4. The molecule has 0 fully saturated rings. The average Bonchev–Trinajstić information content (AvgIpc) is 3.09. The first kappa shape index (κ1) is 39.3. The third kappa shape index (κ3) is 11.5. The lowest BCUT2D eigenvalue weighted by Crippen LogP contribution is -2.58. The molecule has 0 aromatic heterocycles. The molecule has 3 rings (SSSR count). The molecule has 0 radical (unpaired) electrons. The number of aliphatic hydroxyl groups excluding tert-OH is 2. The monoisotopic (exact) mass is 684 g/mol. The van der Waals surface area contributed by atoms with Crippen LogP contribution in [0.15, 0.2) is 42.5 Å². The van der Waals surface area contributed by atoms with Gasteiger partial charge in [0.15, 0.2) is 0 Å². The van der Waals surface area contributed by atoms with E-state index in [1.165, 1.54) is 11.9 Å². The molecule has 15 nitrogen and oxygen atoms in total. The van der Waals surface area contributed by atoms with E-state index in [9.17, 15) is 34.5 Å². The normalized spacial score (nSPS) is 20.3. The van der Waals surface area contributed by atoms with Gasteiger partial charge < -0.3 is 58.3 Å². The first-order chi connectivity index (χ1) is 23.4. The number of aliphatic hydroxyl groups is 2. The van der Waals surface area contributed by atoms with Crippen LogP contribution in [0, 0.1) is 0 Å². The number of hydrogen-bond acceptors (Lipinski definition) is 11. The van der Waals surface area contributed by atoms with Crippen molar-refractivity contribution in [3.63, 3.8) is 0 Å². The molecule has 2 aromatic carbocycles. The zero-order valence-corrected chi connectivity index (χ0v) is 28.4. The summed E-state index contributed by atoms with van der Waals surface area (Å²) in [7, 11) is 4.70. The minimum atomic E-state index is -1.20. The average molecular weight is 685 g/mol. The van der Waals surface area contributed by atoms with Crippen molar-refractivity contribution in [2.75, 3.05) is 47.3 Å². The molecule has 4 amide bonds. The molecule has 270 valence electrons. The highest BCUT2D eigenvalue weighted by Gasteiger charge is 2.35. The molecule has 4 bridgehead atoms. The van der Waals surface area contributed by atoms with Crippen molar-refractivity contribution in [3.8, 4) is 16.9 Å². The fraction of sp³-hybridized carbons (Fsp3) is 0.529. The summed E-state index contributed by atoms with van der Waals surface area (Å²) in [5.41, 5.74) is 14.2. The van der Waals surface area contributed by atoms with Gasteiger partial charge in [0.25, 0.3) is 0 Å². The number of benzene rings is 2. The van der Waals surface area contributed by atoms with E-state index in [1.54, 1.807) is 32.3 Å². The van der Waals surface area contributed by atoms with Crippen LogP contribution < -0.4 is 38.1 Å². The lowest BCUT2D eigenvalue weighted by Gasteiger charge is -2.32. The van der Waals surface area contributed by atoms with Crippen LogP contribution in [0.3, 0.4) is 0 Å². The number of phenolic OH excluding ortho intramolecular Hbond substituents is 1. The molecule has 0 aliphatic carbocycles. The number of carbonyl (C=O) groups is 4. The van der Waals surface area contributed by atoms with Gasteiger partial charge in [-0.05, 0) is 67.9 Å². The highest BCUT2D eigenvalue weighted by atomic mass is 16.3. The Bertz CT molecular complexity index is 1430. The fourth-order valence-electron chi connectivity index (χ4n) is 5.69. The van der Waals surface area contributed by atoms with Crippen LogP contribution >= 0.6 is 0 Å². The molecule has 2 aromatic rings. The molecule has 15 heteroatoms. The maximum atomic E-state index is 14.1. The van der Waals surface area contributed by atoms with E-state index in [-0.39, 0.29) is 44.6 Å². The van der Waals surface area contributed by atoms with Crippen molar-refractivity contribution in [1.29, 1.82) is 0 Å². The molecule has 1 aliphatic rings. The number of aromatic hydroxyl groups is 1. The number of likely N-dealkylation sites (N-methyl/N-ethyl adjacent to an activating group) is 3. The zero-order chi connectivity index (χ0) is 36.1. The van der Waals surface area contributed by atoms with Crippen LogP contribution in [0.1, 0.15) is 30.4 Å². The van der Waals surface area contributed by atoms with Crippen LogP contribution in [-0.2, 0) is 32.0 Å². The number of nitrogens with one attached hydrogen (secondary N) is 5. The minimum absolute atomic E-state index is 0.0157. The van der Waals surface area contributed by atoms with Crippen molar-refractivity contribution in [2.45, 2.75) is 68.5 Å². The van der Waals surface area contributed by atoms with Gasteiger partial charge >= 0.3 is 0 Å². The molecule has 12 N–H and O–H groups in total. The molecule has 1 unspecified atom stereocenters. The Hall–Kier alpha value is -4.12. The second kappa shape index (κ2) is 19.2. The van der Waals surface area contributed by atoms with E-state index >= 15 is 0 Å². The number of nitrogens with zero attached hydrogens (tertiary/aromatic N) is 1. The van der Waals surface area contributed by atoms with Gasteiger partial charge in [-0.1, -0.05) is 30.3 Å². The summed E-state index contributed by atoms with van der Waals surface area (Å²) in [5, 5.41) is 45.7. The van der Waals surface area contributed by atoms with Gasteiger partial charge in [-0.15, -0.1) is 0 Å². The smallest absolute Gasteiger partial charge is 0.245 e. The number of fused-ring (bicyclic) bond motifs is 5. The lowest BCUT2D eigenvalue weighted by atomic mass is 9.95. The SMILES string of the molecule is CNC[C@H](O)C[C@@H]1NC(=O)[C@@H](NC)Cc2cc(ccc2O)-c2cccc(c2)C[C@@H](C(=O)NCC(O)CNC(=O)[C@@H](N)CCCN)N(C)C1=O. The Kier molecular flexibility index (Phi) is 15.4. The number of phenols is 1. The second-order valence-corrected chi connectivity index (χ2v) is 12.4. The molecule has 0 saturated carbocycles. The molecule has 0 saturated heterocycles. The lowest BCUT2D eigenvalue weighted by molar-refractivity contribution is -0.142. The van der Waals surface area contributed by atoms with Crippen molar-refractivity contribution >= 4 is 23.6 Å². The summed E-state index contributed by atoms with van der Waals surface area (Å²) in [5.74, 6) is -2.13. The van der Waals surface area contributed by atoms with Crippen LogP contribution in [-0.4, -0.2) is 128 Å². The van der Waals surface area contributed by atoms with Crippen molar-refractivity contribution < 1.29 is 34.5 Å².